The lowest BCUT2D eigenvalue weighted by Crippen LogP contribution is -2.58. The highest BCUT2D eigenvalue weighted by atomic mass is 16.4. The molecule has 0 spiro atoms. The van der Waals surface area contributed by atoms with Crippen molar-refractivity contribution in [2.75, 3.05) is 47.8 Å². The molecule has 0 aliphatic heterocycles. The first-order valence-electron chi connectivity index (χ1n) is 6.19. The third kappa shape index (κ3) is 7.31. The van der Waals surface area contributed by atoms with E-state index in [2.05, 4.69) is 47.5 Å². The minimum atomic E-state index is -0.754. The second-order valence-electron chi connectivity index (χ2n) is 6.06. The van der Waals surface area contributed by atoms with Crippen LogP contribution in [-0.2, 0) is 4.79 Å². The van der Waals surface area contributed by atoms with Gasteiger partial charge < -0.3 is 9.59 Å². The molecule has 2 N–H and O–H groups in total. The lowest BCUT2D eigenvalue weighted by atomic mass is 10.3. The molecule has 0 heterocycles. The number of nitrogens with one attached hydrogen (secondary N) is 1. The summed E-state index contributed by atoms with van der Waals surface area (Å²) in [5.74, 6) is -0.754. The molecule has 0 bridgehead atoms. The zero-order chi connectivity index (χ0) is 13.7. The largest absolute Gasteiger partial charge is 0.481 e. The fraction of sp³-hybridized carbons (Fsp3) is 0.917. The van der Waals surface area contributed by atoms with Gasteiger partial charge in [-0.2, -0.15) is 5.43 Å². The van der Waals surface area contributed by atoms with Gasteiger partial charge in [0, 0.05) is 0 Å². The molecule has 0 fully saturated rings. The molecule has 0 aromatic heterocycles. The Hall–Kier alpha value is -0.650. The number of carboxylic acids is 1. The van der Waals surface area contributed by atoms with Gasteiger partial charge in [-0.15, -0.1) is 0 Å². The number of aliphatic carboxylic acids is 1. The normalized spacial score (nSPS) is 13.1. The number of carboxylic acid groups (broad SMARTS) is 1. The molecular formula is C12H29N3O2+2. The van der Waals surface area contributed by atoms with Gasteiger partial charge in [0.25, 0.3) is 0 Å². The van der Waals surface area contributed by atoms with Crippen LogP contribution in [0.15, 0.2) is 0 Å². The van der Waals surface area contributed by atoms with Crippen molar-refractivity contribution in [1.82, 2.24) is 5.43 Å². The van der Waals surface area contributed by atoms with E-state index in [0.717, 1.165) is 17.6 Å². The molecule has 0 aromatic carbocycles. The van der Waals surface area contributed by atoms with Crippen molar-refractivity contribution in [1.29, 1.82) is 0 Å². The number of likely N-dealkylation sites (N-methyl/N-ethyl adjacent to an activating group) is 2. The lowest BCUT2D eigenvalue weighted by molar-refractivity contribution is -0.977. The van der Waals surface area contributed by atoms with Gasteiger partial charge in [0.15, 0.2) is 0 Å². The highest BCUT2D eigenvalue weighted by Gasteiger charge is 2.25. The summed E-state index contributed by atoms with van der Waals surface area (Å²) in [6.07, 6.45) is 0.171. The first-order valence-corrected chi connectivity index (χ1v) is 6.19. The van der Waals surface area contributed by atoms with E-state index in [9.17, 15) is 4.79 Å². The molecule has 0 saturated carbocycles. The van der Waals surface area contributed by atoms with Crippen LogP contribution >= 0.6 is 0 Å². The van der Waals surface area contributed by atoms with Gasteiger partial charge in [0.05, 0.1) is 47.2 Å². The molecule has 0 rings (SSSR count). The van der Waals surface area contributed by atoms with Crippen LogP contribution in [0.3, 0.4) is 0 Å². The van der Waals surface area contributed by atoms with Crippen molar-refractivity contribution in [3.8, 4) is 0 Å². The van der Waals surface area contributed by atoms with E-state index in [0.29, 0.717) is 17.2 Å². The second-order valence-corrected chi connectivity index (χ2v) is 6.06. The Morgan fingerprint density at radius 1 is 1.18 bits per heavy atom. The summed E-state index contributed by atoms with van der Waals surface area (Å²) in [5, 5.41) is 8.59. The Balaban J connectivity index is 4.04. The maximum atomic E-state index is 10.4. The molecular weight excluding hydrogens is 218 g/mol. The van der Waals surface area contributed by atoms with Crippen LogP contribution in [0.5, 0.6) is 0 Å². The van der Waals surface area contributed by atoms with Gasteiger partial charge in [0.1, 0.15) is 13.1 Å². The molecule has 0 amide bonds. The highest BCUT2D eigenvalue weighted by molar-refractivity contribution is 5.66. The lowest BCUT2D eigenvalue weighted by Gasteiger charge is -2.37. The maximum absolute atomic E-state index is 10.4. The second kappa shape index (κ2) is 6.33. The predicted octanol–water partition coefficient (Wildman–Crippen LogP) is 0.527. The van der Waals surface area contributed by atoms with E-state index < -0.39 is 5.97 Å². The molecule has 0 atom stereocenters. The average molecular weight is 247 g/mol. The minimum absolute atomic E-state index is 0.171. The Bertz CT molecular complexity index is 250. The molecule has 17 heavy (non-hydrogen) atoms. The summed E-state index contributed by atoms with van der Waals surface area (Å²) in [6, 6.07) is 0.592. The molecule has 5 nitrogen and oxygen atoms in total. The summed E-state index contributed by atoms with van der Waals surface area (Å²) < 4.78 is 1.63. The SMILES string of the molecule is CC(C)[N+](C)(C)CC[N+](C)(C)NCCC(=O)O. The summed E-state index contributed by atoms with van der Waals surface area (Å²) in [5.41, 5.74) is 3.25. The van der Waals surface area contributed by atoms with E-state index in [1.54, 1.807) is 0 Å². The Kier molecular flexibility index (Phi) is 6.09. The van der Waals surface area contributed by atoms with Gasteiger partial charge in [-0.25, -0.2) is 4.59 Å². The van der Waals surface area contributed by atoms with Gasteiger partial charge >= 0.3 is 5.97 Å². The number of rotatable bonds is 8. The summed E-state index contributed by atoms with van der Waals surface area (Å²) in [7, 11) is 8.59. The van der Waals surface area contributed by atoms with Crippen LogP contribution < -0.4 is 5.43 Å². The van der Waals surface area contributed by atoms with E-state index in [4.69, 9.17) is 5.11 Å². The fourth-order valence-corrected chi connectivity index (χ4v) is 1.31. The summed E-state index contributed by atoms with van der Waals surface area (Å²) in [6.45, 7) is 6.99. The van der Waals surface area contributed by atoms with Crippen LogP contribution in [0.25, 0.3) is 0 Å². The maximum Gasteiger partial charge on any atom is 0.304 e. The first kappa shape index (κ1) is 16.4. The molecule has 5 heteroatoms. The molecule has 0 saturated heterocycles. The monoisotopic (exact) mass is 247 g/mol. The van der Waals surface area contributed by atoms with Crippen molar-refractivity contribution in [2.24, 2.45) is 0 Å². The highest BCUT2D eigenvalue weighted by Crippen LogP contribution is 2.06. The van der Waals surface area contributed by atoms with Crippen molar-refractivity contribution >= 4 is 5.97 Å². The zero-order valence-electron chi connectivity index (χ0n) is 12.2. The van der Waals surface area contributed by atoms with Crippen LogP contribution in [0, 0.1) is 0 Å². The van der Waals surface area contributed by atoms with E-state index >= 15 is 0 Å². The quantitative estimate of drug-likeness (QED) is 0.486. The van der Waals surface area contributed by atoms with Crippen molar-refractivity contribution in [3.05, 3.63) is 0 Å². The number of hydrogen-bond acceptors (Lipinski definition) is 2. The molecule has 0 radical (unpaired) electrons. The Labute approximate surface area is 105 Å². The van der Waals surface area contributed by atoms with Crippen molar-refractivity contribution < 1.29 is 19.0 Å². The van der Waals surface area contributed by atoms with Crippen LogP contribution in [0.4, 0.5) is 0 Å². The molecule has 0 aromatic rings. The average Bonchev–Trinajstić information content (AvgIpc) is 2.14. The van der Waals surface area contributed by atoms with E-state index in [1.165, 1.54) is 0 Å². The number of hydrogen-bond donors (Lipinski definition) is 2. The molecule has 102 valence electrons. The van der Waals surface area contributed by atoms with E-state index in [1.807, 2.05) is 0 Å². The molecule has 0 aliphatic carbocycles. The third-order valence-corrected chi connectivity index (χ3v) is 3.51. The number of carbonyl (C=O) groups is 1. The number of nitrogens with zero attached hydrogens (tertiary/aromatic N) is 2. The fourth-order valence-electron chi connectivity index (χ4n) is 1.31. The van der Waals surface area contributed by atoms with Gasteiger partial charge in [0.2, 0.25) is 0 Å². The standard InChI is InChI=1S/C12H28N3O2/c1-11(2)14(3,4)9-10-15(5,6)13-8-7-12(16)17/h11,13H,7-10H2,1-6H3/q+1/p+1. The number of quaternary nitrogens is 2. The molecule has 0 unspecified atom stereocenters. The Morgan fingerprint density at radius 3 is 2.12 bits per heavy atom. The topological polar surface area (TPSA) is 49.3 Å². The van der Waals surface area contributed by atoms with Crippen LogP contribution in [-0.4, -0.2) is 74.0 Å². The van der Waals surface area contributed by atoms with Crippen molar-refractivity contribution in [2.45, 2.75) is 26.3 Å². The summed E-state index contributed by atoms with van der Waals surface area (Å²) in [4.78, 5) is 10.4. The predicted molar refractivity (Wildman–Crippen MR) is 69.3 cm³/mol. The third-order valence-electron chi connectivity index (χ3n) is 3.51. The molecule has 0 aliphatic rings. The van der Waals surface area contributed by atoms with Gasteiger partial charge in [-0.05, 0) is 13.8 Å². The van der Waals surface area contributed by atoms with Crippen LogP contribution in [0.2, 0.25) is 0 Å². The van der Waals surface area contributed by atoms with Crippen LogP contribution in [0.1, 0.15) is 20.3 Å². The smallest absolute Gasteiger partial charge is 0.304 e. The first-order chi connectivity index (χ1) is 7.57. The van der Waals surface area contributed by atoms with E-state index in [-0.39, 0.29) is 6.42 Å². The van der Waals surface area contributed by atoms with Gasteiger partial charge in [-0.3, -0.25) is 4.79 Å². The summed E-state index contributed by atoms with van der Waals surface area (Å²) >= 11 is 0. The minimum Gasteiger partial charge on any atom is -0.481 e. The van der Waals surface area contributed by atoms with Gasteiger partial charge in [-0.1, -0.05) is 0 Å². The van der Waals surface area contributed by atoms with Crippen molar-refractivity contribution in [3.63, 3.8) is 0 Å². The zero-order valence-corrected chi connectivity index (χ0v) is 12.2. The Morgan fingerprint density at radius 2 is 1.71 bits per heavy atom.